The van der Waals surface area contributed by atoms with Gasteiger partial charge in [-0.3, -0.25) is 0 Å². The number of halogens is 2. The van der Waals surface area contributed by atoms with Gasteiger partial charge in [-0.1, -0.05) is 5.16 Å². The highest BCUT2D eigenvalue weighted by Crippen LogP contribution is 2.38. The van der Waals surface area contributed by atoms with Crippen molar-refractivity contribution in [3.8, 4) is 17.2 Å². The van der Waals surface area contributed by atoms with Crippen LogP contribution in [0.5, 0.6) is 5.75 Å². The maximum Gasteiger partial charge on any atom is 0.259 e. The second kappa shape index (κ2) is 5.87. The predicted octanol–water partition coefficient (Wildman–Crippen LogP) is 3.11. The highest BCUT2D eigenvalue weighted by Gasteiger charge is 2.39. The molecule has 0 bridgehead atoms. The van der Waals surface area contributed by atoms with Crippen molar-refractivity contribution in [2.24, 2.45) is 5.73 Å². The molecule has 0 unspecified atom stereocenters. The molecule has 1 aliphatic carbocycles. The number of hydrogen-bond donors (Lipinski definition) is 1. The quantitative estimate of drug-likeness (QED) is 0.792. The van der Waals surface area contributed by atoms with Crippen LogP contribution in [0.15, 0.2) is 22.7 Å². The zero-order chi connectivity index (χ0) is 13.5. The summed E-state index contributed by atoms with van der Waals surface area (Å²) in [6.07, 6.45) is 2.97. The summed E-state index contributed by atoms with van der Waals surface area (Å²) in [4.78, 5) is 4.44. The van der Waals surface area contributed by atoms with E-state index < -0.39 is 0 Å². The summed E-state index contributed by atoms with van der Waals surface area (Å²) in [6, 6.07) is 5.73. The van der Waals surface area contributed by atoms with Crippen LogP contribution in [0.4, 0.5) is 0 Å². The van der Waals surface area contributed by atoms with Gasteiger partial charge < -0.3 is 15.0 Å². The second-order valence-corrected chi connectivity index (χ2v) is 5.94. The molecule has 0 spiro atoms. The summed E-state index contributed by atoms with van der Waals surface area (Å²) in [7, 11) is 1.64. The largest absolute Gasteiger partial charge is 0.497 e. The Balaban J connectivity index is 0.00000147. The van der Waals surface area contributed by atoms with Crippen molar-refractivity contribution in [3.63, 3.8) is 0 Å². The van der Waals surface area contributed by atoms with Crippen LogP contribution in [-0.4, -0.2) is 17.3 Å². The van der Waals surface area contributed by atoms with E-state index in [0.717, 1.165) is 34.1 Å². The molecule has 1 aromatic heterocycles. The molecule has 20 heavy (non-hydrogen) atoms. The first-order chi connectivity index (χ1) is 9.12. The van der Waals surface area contributed by atoms with E-state index >= 15 is 0 Å². The van der Waals surface area contributed by atoms with Gasteiger partial charge in [0, 0.05) is 3.57 Å². The molecular formula is C13H15ClIN3O2. The lowest BCUT2D eigenvalue weighted by atomic mass is 9.77. The van der Waals surface area contributed by atoms with Crippen molar-refractivity contribution < 1.29 is 9.26 Å². The zero-order valence-electron chi connectivity index (χ0n) is 10.9. The summed E-state index contributed by atoms with van der Waals surface area (Å²) in [6.45, 7) is 0. The normalized spacial score (nSPS) is 16.1. The lowest BCUT2D eigenvalue weighted by Crippen LogP contribution is -2.44. The SMILES string of the molecule is COc1ccc(-c2nc(C3(N)CCC3)no2)c(I)c1.Cl. The van der Waals surface area contributed by atoms with Gasteiger partial charge in [0.05, 0.1) is 18.2 Å². The Morgan fingerprint density at radius 2 is 2.15 bits per heavy atom. The molecule has 1 fully saturated rings. The average Bonchev–Trinajstić information content (AvgIpc) is 2.85. The first kappa shape index (κ1) is 15.5. The Labute approximate surface area is 136 Å². The maximum atomic E-state index is 6.19. The molecule has 0 amide bonds. The van der Waals surface area contributed by atoms with E-state index in [1.165, 1.54) is 0 Å². The van der Waals surface area contributed by atoms with Crippen LogP contribution < -0.4 is 10.5 Å². The molecule has 1 heterocycles. The number of hydrogen-bond acceptors (Lipinski definition) is 5. The molecule has 0 saturated heterocycles. The third-order valence-electron chi connectivity index (χ3n) is 3.52. The molecular weight excluding hydrogens is 393 g/mol. The van der Waals surface area contributed by atoms with E-state index in [-0.39, 0.29) is 17.9 Å². The Bertz CT molecular complexity index is 613. The van der Waals surface area contributed by atoms with Gasteiger partial charge in [-0.05, 0) is 60.1 Å². The summed E-state index contributed by atoms with van der Waals surface area (Å²) in [5.74, 6) is 1.93. The van der Waals surface area contributed by atoms with Crippen LogP contribution in [-0.2, 0) is 5.54 Å². The molecule has 0 atom stereocenters. The van der Waals surface area contributed by atoms with Gasteiger partial charge in [0.1, 0.15) is 5.75 Å². The highest BCUT2D eigenvalue weighted by atomic mass is 127. The molecule has 1 saturated carbocycles. The highest BCUT2D eigenvalue weighted by molar-refractivity contribution is 14.1. The molecule has 1 aliphatic rings. The van der Waals surface area contributed by atoms with Gasteiger partial charge in [-0.25, -0.2) is 0 Å². The molecule has 2 N–H and O–H groups in total. The van der Waals surface area contributed by atoms with Crippen molar-refractivity contribution in [3.05, 3.63) is 27.6 Å². The molecule has 0 aliphatic heterocycles. The number of methoxy groups -OCH3 is 1. The Hall–Kier alpha value is -0.860. The standard InChI is InChI=1S/C13H14IN3O2.ClH/c1-18-8-3-4-9(10(14)7-8)11-16-12(17-19-11)13(15)5-2-6-13;/h3-4,7H,2,5-6,15H2,1H3;1H. The summed E-state index contributed by atoms with van der Waals surface area (Å²) < 4.78 is 11.5. The minimum atomic E-state index is -0.389. The third kappa shape index (κ3) is 2.64. The summed E-state index contributed by atoms with van der Waals surface area (Å²) in [5.41, 5.74) is 6.71. The van der Waals surface area contributed by atoms with Crippen LogP contribution in [0.2, 0.25) is 0 Å². The molecule has 2 aromatic rings. The van der Waals surface area contributed by atoms with E-state index in [0.29, 0.717) is 11.7 Å². The van der Waals surface area contributed by atoms with Crippen LogP contribution in [0.1, 0.15) is 25.1 Å². The van der Waals surface area contributed by atoms with Gasteiger partial charge in [-0.15, -0.1) is 12.4 Å². The summed E-state index contributed by atoms with van der Waals surface area (Å²) in [5, 5.41) is 4.02. The number of ether oxygens (including phenoxy) is 1. The predicted molar refractivity (Wildman–Crippen MR) is 86.0 cm³/mol. The van der Waals surface area contributed by atoms with Gasteiger partial charge in [0.25, 0.3) is 5.89 Å². The Morgan fingerprint density at radius 3 is 2.70 bits per heavy atom. The Morgan fingerprint density at radius 1 is 1.40 bits per heavy atom. The fourth-order valence-electron chi connectivity index (χ4n) is 2.11. The van der Waals surface area contributed by atoms with E-state index in [1.54, 1.807) is 7.11 Å². The topological polar surface area (TPSA) is 74.2 Å². The van der Waals surface area contributed by atoms with E-state index in [4.69, 9.17) is 15.0 Å². The lowest BCUT2D eigenvalue weighted by Gasteiger charge is -2.34. The number of nitrogens with zero attached hydrogens (tertiary/aromatic N) is 2. The van der Waals surface area contributed by atoms with Crippen molar-refractivity contribution in [2.75, 3.05) is 7.11 Å². The monoisotopic (exact) mass is 407 g/mol. The fourth-order valence-corrected chi connectivity index (χ4v) is 2.83. The Kier molecular flexibility index (Phi) is 4.55. The van der Waals surface area contributed by atoms with Gasteiger partial charge in [0.2, 0.25) is 0 Å². The maximum absolute atomic E-state index is 6.19. The molecule has 0 radical (unpaired) electrons. The van der Waals surface area contributed by atoms with Gasteiger partial charge in [-0.2, -0.15) is 4.98 Å². The smallest absolute Gasteiger partial charge is 0.259 e. The summed E-state index contributed by atoms with van der Waals surface area (Å²) >= 11 is 2.23. The molecule has 5 nitrogen and oxygen atoms in total. The van der Waals surface area contributed by atoms with Crippen LogP contribution in [0.3, 0.4) is 0 Å². The zero-order valence-corrected chi connectivity index (χ0v) is 13.9. The molecule has 3 rings (SSSR count). The van der Waals surface area contributed by atoms with Crippen molar-refractivity contribution in [1.29, 1.82) is 0 Å². The van der Waals surface area contributed by atoms with Crippen LogP contribution in [0, 0.1) is 3.57 Å². The number of rotatable bonds is 3. The van der Waals surface area contributed by atoms with Gasteiger partial charge in [0.15, 0.2) is 5.82 Å². The van der Waals surface area contributed by atoms with Crippen LogP contribution >= 0.6 is 35.0 Å². The number of benzene rings is 1. The minimum absolute atomic E-state index is 0. The molecule has 1 aromatic carbocycles. The number of nitrogens with two attached hydrogens (primary N) is 1. The molecule has 108 valence electrons. The van der Waals surface area contributed by atoms with Crippen molar-refractivity contribution in [1.82, 2.24) is 10.1 Å². The third-order valence-corrected chi connectivity index (χ3v) is 4.42. The second-order valence-electron chi connectivity index (χ2n) is 4.78. The number of aromatic nitrogens is 2. The average molecular weight is 408 g/mol. The molecule has 7 heteroatoms. The minimum Gasteiger partial charge on any atom is -0.497 e. The van der Waals surface area contributed by atoms with Gasteiger partial charge >= 0.3 is 0 Å². The van der Waals surface area contributed by atoms with E-state index in [9.17, 15) is 0 Å². The first-order valence-corrected chi connectivity index (χ1v) is 7.17. The van der Waals surface area contributed by atoms with Crippen molar-refractivity contribution >= 4 is 35.0 Å². The van der Waals surface area contributed by atoms with Crippen LogP contribution in [0.25, 0.3) is 11.5 Å². The van der Waals surface area contributed by atoms with Crippen molar-refractivity contribution in [2.45, 2.75) is 24.8 Å². The first-order valence-electron chi connectivity index (χ1n) is 6.09. The fraction of sp³-hybridized carbons (Fsp3) is 0.385. The lowest BCUT2D eigenvalue weighted by molar-refractivity contribution is 0.229. The van der Waals surface area contributed by atoms with E-state index in [1.807, 2.05) is 18.2 Å². The van der Waals surface area contributed by atoms with E-state index in [2.05, 4.69) is 32.7 Å².